The van der Waals surface area contributed by atoms with Crippen molar-refractivity contribution < 1.29 is 8.42 Å². The fraction of sp³-hybridized carbons (Fsp3) is 0.778. The van der Waals surface area contributed by atoms with Crippen LogP contribution in [0.3, 0.4) is 0 Å². The molecule has 0 aliphatic carbocycles. The summed E-state index contributed by atoms with van der Waals surface area (Å²) in [6, 6.07) is 0. The van der Waals surface area contributed by atoms with Crippen molar-refractivity contribution in [3.63, 3.8) is 0 Å². The number of sulfone groups is 1. The van der Waals surface area contributed by atoms with E-state index in [4.69, 9.17) is 0 Å². The standard InChI is InChI=1S/C9H19NO2S/c1-5-9(2,8-10-3)6-7-13(4,11)12/h5,10H,1,6-8H2,2-4H3. The number of hydrogen-bond donors (Lipinski definition) is 1. The molecule has 1 N–H and O–H groups in total. The van der Waals surface area contributed by atoms with Crippen LogP contribution in [-0.2, 0) is 9.84 Å². The molecule has 3 nitrogen and oxygen atoms in total. The van der Waals surface area contributed by atoms with Crippen molar-refractivity contribution in [1.82, 2.24) is 5.32 Å². The van der Waals surface area contributed by atoms with Crippen LogP contribution < -0.4 is 5.32 Å². The van der Waals surface area contributed by atoms with E-state index >= 15 is 0 Å². The maximum Gasteiger partial charge on any atom is 0.147 e. The van der Waals surface area contributed by atoms with Gasteiger partial charge in [-0.05, 0) is 18.9 Å². The van der Waals surface area contributed by atoms with Gasteiger partial charge in [-0.3, -0.25) is 0 Å². The second-order valence-corrected chi connectivity index (χ2v) is 6.03. The van der Waals surface area contributed by atoms with Gasteiger partial charge in [0.15, 0.2) is 0 Å². The summed E-state index contributed by atoms with van der Waals surface area (Å²) in [6.07, 6.45) is 3.70. The summed E-state index contributed by atoms with van der Waals surface area (Å²) in [5, 5.41) is 3.03. The lowest BCUT2D eigenvalue weighted by atomic mass is 9.88. The molecule has 0 radical (unpaired) electrons. The first-order valence-electron chi connectivity index (χ1n) is 4.29. The highest BCUT2D eigenvalue weighted by atomic mass is 32.2. The first kappa shape index (κ1) is 12.7. The zero-order valence-corrected chi connectivity index (χ0v) is 9.45. The van der Waals surface area contributed by atoms with Crippen molar-refractivity contribution in [3.05, 3.63) is 12.7 Å². The van der Waals surface area contributed by atoms with Crippen LogP contribution in [-0.4, -0.2) is 34.0 Å². The Labute approximate surface area is 81.1 Å². The SMILES string of the molecule is C=CC(C)(CCS(C)(=O)=O)CNC. The van der Waals surface area contributed by atoms with Crippen LogP contribution in [0.15, 0.2) is 12.7 Å². The van der Waals surface area contributed by atoms with Crippen molar-refractivity contribution in [1.29, 1.82) is 0 Å². The third-order valence-electron chi connectivity index (χ3n) is 2.12. The average Bonchev–Trinajstić information content (AvgIpc) is 2.01. The van der Waals surface area contributed by atoms with E-state index in [1.54, 1.807) is 0 Å². The summed E-state index contributed by atoms with van der Waals surface area (Å²) < 4.78 is 21.9. The van der Waals surface area contributed by atoms with Crippen molar-refractivity contribution in [2.24, 2.45) is 5.41 Å². The van der Waals surface area contributed by atoms with Gasteiger partial charge in [-0.1, -0.05) is 13.0 Å². The Morgan fingerprint density at radius 3 is 2.38 bits per heavy atom. The largest absolute Gasteiger partial charge is 0.319 e. The first-order valence-corrected chi connectivity index (χ1v) is 6.35. The Morgan fingerprint density at radius 1 is 1.54 bits per heavy atom. The van der Waals surface area contributed by atoms with Gasteiger partial charge in [0.1, 0.15) is 9.84 Å². The third-order valence-corrected chi connectivity index (χ3v) is 3.06. The lowest BCUT2D eigenvalue weighted by Gasteiger charge is -2.24. The Hall–Kier alpha value is -0.350. The average molecular weight is 205 g/mol. The molecule has 0 aliphatic rings. The van der Waals surface area contributed by atoms with Crippen molar-refractivity contribution in [3.8, 4) is 0 Å². The normalized spacial score (nSPS) is 16.5. The molecule has 0 aliphatic heterocycles. The lowest BCUT2D eigenvalue weighted by molar-refractivity contribution is 0.394. The highest BCUT2D eigenvalue weighted by Crippen LogP contribution is 2.21. The molecule has 0 saturated heterocycles. The van der Waals surface area contributed by atoms with E-state index in [1.807, 2.05) is 20.0 Å². The molecule has 1 unspecified atom stereocenters. The van der Waals surface area contributed by atoms with Gasteiger partial charge in [0.25, 0.3) is 0 Å². The lowest BCUT2D eigenvalue weighted by Crippen LogP contribution is -2.29. The topological polar surface area (TPSA) is 46.2 Å². The molecule has 0 saturated carbocycles. The highest BCUT2D eigenvalue weighted by molar-refractivity contribution is 7.90. The molecule has 0 heterocycles. The molecular weight excluding hydrogens is 186 g/mol. The van der Waals surface area contributed by atoms with Gasteiger partial charge in [-0.25, -0.2) is 8.42 Å². The molecule has 0 amide bonds. The van der Waals surface area contributed by atoms with E-state index in [0.717, 1.165) is 6.54 Å². The summed E-state index contributed by atoms with van der Waals surface area (Å²) in [4.78, 5) is 0. The molecule has 0 spiro atoms. The Kier molecular flexibility index (Phi) is 4.64. The predicted octanol–water partition coefficient (Wildman–Crippen LogP) is 0.833. The highest BCUT2D eigenvalue weighted by Gasteiger charge is 2.20. The van der Waals surface area contributed by atoms with Gasteiger partial charge in [-0.15, -0.1) is 6.58 Å². The summed E-state index contributed by atoms with van der Waals surface area (Å²) in [5.41, 5.74) is -0.127. The number of hydrogen-bond acceptors (Lipinski definition) is 3. The van der Waals surface area contributed by atoms with Crippen LogP contribution in [0.25, 0.3) is 0 Å². The monoisotopic (exact) mass is 205 g/mol. The molecule has 78 valence electrons. The molecule has 13 heavy (non-hydrogen) atoms. The summed E-state index contributed by atoms with van der Waals surface area (Å²) in [5.74, 6) is 0.219. The predicted molar refractivity (Wildman–Crippen MR) is 56.6 cm³/mol. The molecule has 1 atom stereocenters. The van der Waals surface area contributed by atoms with Gasteiger partial charge >= 0.3 is 0 Å². The Morgan fingerprint density at radius 2 is 2.08 bits per heavy atom. The molecular formula is C9H19NO2S. The smallest absolute Gasteiger partial charge is 0.147 e. The van der Waals surface area contributed by atoms with Gasteiger partial charge in [0, 0.05) is 12.8 Å². The molecule has 0 rings (SSSR count). The molecule has 0 bridgehead atoms. The zero-order valence-electron chi connectivity index (χ0n) is 8.63. The van der Waals surface area contributed by atoms with Crippen molar-refractivity contribution >= 4 is 9.84 Å². The van der Waals surface area contributed by atoms with Crippen LogP contribution in [0.4, 0.5) is 0 Å². The fourth-order valence-corrected chi connectivity index (χ4v) is 1.92. The maximum absolute atomic E-state index is 10.9. The van der Waals surface area contributed by atoms with E-state index in [2.05, 4.69) is 11.9 Å². The maximum atomic E-state index is 10.9. The second kappa shape index (κ2) is 4.77. The van der Waals surface area contributed by atoms with Crippen molar-refractivity contribution in [2.45, 2.75) is 13.3 Å². The fourth-order valence-electron chi connectivity index (χ4n) is 1.09. The number of nitrogens with one attached hydrogen (secondary N) is 1. The summed E-state index contributed by atoms with van der Waals surface area (Å²) in [7, 11) is -1.01. The van der Waals surface area contributed by atoms with Crippen LogP contribution >= 0.6 is 0 Å². The van der Waals surface area contributed by atoms with Gasteiger partial charge in [0.05, 0.1) is 5.75 Å². The van der Waals surface area contributed by atoms with Crippen LogP contribution in [0.5, 0.6) is 0 Å². The molecule has 0 aromatic heterocycles. The quantitative estimate of drug-likeness (QED) is 0.653. The minimum absolute atomic E-state index is 0.127. The van der Waals surface area contributed by atoms with Crippen LogP contribution in [0, 0.1) is 5.41 Å². The molecule has 0 aromatic carbocycles. The van der Waals surface area contributed by atoms with Crippen LogP contribution in [0.1, 0.15) is 13.3 Å². The van der Waals surface area contributed by atoms with Crippen molar-refractivity contribution in [2.75, 3.05) is 25.6 Å². The molecule has 0 aromatic rings. The second-order valence-electron chi connectivity index (χ2n) is 3.77. The Balaban J connectivity index is 4.21. The van der Waals surface area contributed by atoms with Crippen LogP contribution in [0.2, 0.25) is 0 Å². The van der Waals surface area contributed by atoms with E-state index in [1.165, 1.54) is 6.26 Å². The van der Waals surface area contributed by atoms with Gasteiger partial charge in [0.2, 0.25) is 0 Å². The Bertz CT molecular complexity index is 259. The minimum Gasteiger partial charge on any atom is -0.319 e. The zero-order chi connectivity index (χ0) is 10.5. The summed E-state index contributed by atoms with van der Waals surface area (Å²) in [6.45, 7) is 6.47. The van der Waals surface area contributed by atoms with E-state index < -0.39 is 9.84 Å². The molecule has 0 fully saturated rings. The third kappa shape index (κ3) is 5.82. The molecule has 4 heteroatoms. The van der Waals surface area contributed by atoms with E-state index in [9.17, 15) is 8.42 Å². The first-order chi connectivity index (χ1) is 5.83. The van der Waals surface area contributed by atoms with Gasteiger partial charge < -0.3 is 5.32 Å². The number of rotatable bonds is 6. The van der Waals surface area contributed by atoms with E-state index in [0.29, 0.717) is 6.42 Å². The summed E-state index contributed by atoms with van der Waals surface area (Å²) >= 11 is 0. The van der Waals surface area contributed by atoms with E-state index in [-0.39, 0.29) is 11.2 Å². The van der Waals surface area contributed by atoms with Gasteiger partial charge in [-0.2, -0.15) is 0 Å². The minimum atomic E-state index is -2.86.